The van der Waals surface area contributed by atoms with E-state index in [0.717, 1.165) is 27.6 Å². The second-order valence-electron chi connectivity index (χ2n) is 5.82. The van der Waals surface area contributed by atoms with Crippen LogP contribution in [0.2, 0.25) is 0 Å². The molecule has 23 heavy (non-hydrogen) atoms. The second kappa shape index (κ2) is 5.45. The maximum atomic E-state index is 6.55. The Morgan fingerprint density at radius 1 is 0.870 bits per heavy atom. The summed E-state index contributed by atoms with van der Waals surface area (Å²) in [6.07, 6.45) is 4.80. The molecule has 3 heteroatoms. The number of hydrogen-bond donors (Lipinski definition) is 1. The van der Waals surface area contributed by atoms with Gasteiger partial charge >= 0.3 is 0 Å². The molecule has 3 nitrogen and oxygen atoms in total. The van der Waals surface area contributed by atoms with E-state index < -0.39 is 5.66 Å². The first-order valence-corrected chi connectivity index (χ1v) is 7.72. The first kappa shape index (κ1) is 13.9. The fourth-order valence-electron chi connectivity index (χ4n) is 3.05. The molecular weight excluding hydrogens is 282 g/mol. The molecule has 3 aromatic rings. The zero-order valence-corrected chi connectivity index (χ0v) is 12.7. The lowest BCUT2D eigenvalue weighted by Crippen LogP contribution is -2.35. The van der Waals surface area contributed by atoms with Crippen molar-refractivity contribution >= 4 is 22.5 Å². The zero-order valence-electron chi connectivity index (χ0n) is 12.7. The fraction of sp³-hybridized carbons (Fsp3) is 0.100. The van der Waals surface area contributed by atoms with Gasteiger partial charge in [0, 0.05) is 17.4 Å². The summed E-state index contributed by atoms with van der Waals surface area (Å²) < 4.78 is 0. The van der Waals surface area contributed by atoms with Crippen molar-refractivity contribution in [3.63, 3.8) is 0 Å². The minimum Gasteiger partial charge on any atom is -0.302 e. The molecule has 0 heterocycles. The molecule has 2 N–H and O–H groups in total. The van der Waals surface area contributed by atoms with Gasteiger partial charge in [0.1, 0.15) is 0 Å². The predicted octanol–water partition coefficient (Wildman–Crippen LogP) is 5.15. The second-order valence-corrected chi connectivity index (χ2v) is 5.82. The molecule has 0 saturated heterocycles. The summed E-state index contributed by atoms with van der Waals surface area (Å²) in [7, 11) is 0. The molecule has 1 atom stereocenters. The molecule has 0 aliphatic heterocycles. The molecule has 4 rings (SSSR count). The van der Waals surface area contributed by atoms with Crippen LogP contribution in [-0.4, -0.2) is 0 Å². The highest BCUT2D eigenvalue weighted by atomic mass is 15.2. The number of hydrogen-bond acceptors (Lipinski definition) is 3. The Hall–Kier alpha value is -2.78. The van der Waals surface area contributed by atoms with Gasteiger partial charge in [0.25, 0.3) is 0 Å². The summed E-state index contributed by atoms with van der Waals surface area (Å²) in [5, 5.41) is 11.3. The van der Waals surface area contributed by atoms with Crippen molar-refractivity contribution in [2.45, 2.75) is 12.1 Å². The van der Waals surface area contributed by atoms with Crippen LogP contribution in [0, 0.1) is 0 Å². The average molecular weight is 299 g/mol. The van der Waals surface area contributed by atoms with E-state index in [-0.39, 0.29) is 0 Å². The monoisotopic (exact) mass is 299 g/mol. The molecule has 3 aromatic carbocycles. The lowest BCUT2D eigenvalue weighted by molar-refractivity contribution is 0.447. The van der Waals surface area contributed by atoms with Crippen LogP contribution in [0.4, 0.5) is 5.69 Å². The van der Waals surface area contributed by atoms with Crippen LogP contribution in [0.5, 0.6) is 0 Å². The van der Waals surface area contributed by atoms with Crippen LogP contribution in [0.3, 0.4) is 0 Å². The van der Waals surface area contributed by atoms with Gasteiger partial charge in [0.05, 0.1) is 5.69 Å². The van der Waals surface area contributed by atoms with Gasteiger partial charge in [-0.2, -0.15) is 10.2 Å². The molecule has 1 aliphatic rings. The van der Waals surface area contributed by atoms with Gasteiger partial charge in [-0.15, -0.1) is 0 Å². The molecule has 0 bridgehead atoms. The molecular formula is C20H17N3. The first-order chi connectivity index (χ1) is 11.3. The van der Waals surface area contributed by atoms with Gasteiger partial charge in [-0.3, -0.25) is 0 Å². The molecule has 0 amide bonds. The Kier molecular flexibility index (Phi) is 3.28. The highest BCUT2D eigenvalue weighted by molar-refractivity contribution is 5.92. The summed E-state index contributed by atoms with van der Waals surface area (Å²) in [5.41, 5.74) is 8.72. The molecule has 1 aliphatic carbocycles. The van der Waals surface area contributed by atoms with E-state index in [1.807, 2.05) is 42.5 Å². The largest absolute Gasteiger partial charge is 0.302 e. The van der Waals surface area contributed by atoms with E-state index in [9.17, 15) is 0 Å². The summed E-state index contributed by atoms with van der Waals surface area (Å²) in [6.45, 7) is 0. The summed E-state index contributed by atoms with van der Waals surface area (Å²) >= 11 is 0. The minimum absolute atomic E-state index is 0.651. The number of nitrogens with zero attached hydrogens (tertiary/aromatic N) is 2. The topological polar surface area (TPSA) is 50.7 Å². The highest BCUT2D eigenvalue weighted by Gasteiger charge is 2.30. The van der Waals surface area contributed by atoms with Crippen molar-refractivity contribution in [3.05, 3.63) is 83.9 Å². The Labute approximate surface area is 135 Å². The molecule has 112 valence electrons. The number of nitrogens with two attached hydrogens (primary N) is 1. The Morgan fingerprint density at radius 2 is 1.65 bits per heavy atom. The normalized spacial score (nSPS) is 20.0. The smallest absolute Gasteiger partial charge is 0.159 e. The van der Waals surface area contributed by atoms with E-state index in [1.54, 1.807) is 0 Å². The van der Waals surface area contributed by atoms with Crippen LogP contribution in [0.1, 0.15) is 17.5 Å². The van der Waals surface area contributed by atoms with Crippen molar-refractivity contribution in [3.8, 4) is 0 Å². The molecule has 0 spiro atoms. The predicted molar refractivity (Wildman–Crippen MR) is 94.4 cm³/mol. The Bertz CT molecular complexity index is 922. The Morgan fingerprint density at radius 3 is 2.61 bits per heavy atom. The van der Waals surface area contributed by atoms with Crippen LogP contribution < -0.4 is 5.73 Å². The fourth-order valence-corrected chi connectivity index (χ4v) is 3.05. The average Bonchev–Trinajstić information content (AvgIpc) is 2.60. The van der Waals surface area contributed by atoms with Crippen LogP contribution in [0.25, 0.3) is 16.8 Å². The maximum Gasteiger partial charge on any atom is 0.159 e. The third-order valence-corrected chi connectivity index (χ3v) is 4.26. The van der Waals surface area contributed by atoms with E-state index in [4.69, 9.17) is 5.73 Å². The highest BCUT2D eigenvalue weighted by Crippen LogP contribution is 2.35. The van der Waals surface area contributed by atoms with E-state index in [0.29, 0.717) is 6.42 Å². The number of fused-ring (bicyclic) bond motifs is 2. The standard InChI is InChI=1S/C20H17N3/c21-20(14-6-10-16-8-2-4-12-18(16)20)23-22-19-13-5-9-15-7-1-3-11-17(15)19/h1-13H,14,21H2. The van der Waals surface area contributed by atoms with Crippen molar-refractivity contribution in [1.29, 1.82) is 0 Å². The van der Waals surface area contributed by atoms with Gasteiger partial charge in [-0.05, 0) is 17.0 Å². The van der Waals surface area contributed by atoms with Crippen LogP contribution >= 0.6 is 0 Å². The summed E-state index contributed by atoms with van der Waals surface area (Å²) in [6, 6.07) is 22.3. The van der Waals surface area contributed by atoms with Gasteiger partial charge in [-0.25, -0.2) is 0 Å². The van der Waals surface area contributed by atoms with Gasteiger partial charge < -0.3 is 5.73 Å². The number of rotatable bonds is 2. The van der Waals surface area contributed by atoms with Gasteiger partial charge in [-0.1, -0.05) is 72.8 Å². The molecule has 0 aromatic heterocycles. The molecule has 0 radical (unpaired) electrons. The van der Waals surface area contributed by atoms with Gasteiger partial charge in [0.2, 0.25) is 0 Å². The third kappa shape index (κ3) is 2.45. The van der Waals surface area contributed by atoms with Crippen molar-refractivity contribution in [1.82, 2.24) is 0 Å². The Balaban J connectivity index is 1.78. The molecule has 0 saturated carbocycles. The van der Waals surface area contributed by atoms with E-state index in [1.165, 1.54) is 0 Å². The quantitative estimate of drug-likeness (QED) is 0.653. The first-order valence-electron chi connectivity index (χ1n) is 7.72. The number of benzene rings is 3. The maximum absolute atomic E-state index is 6.55. The molecule has 1 unspecified atom stereocenters. The van der Waals surface area contributed by atoms with E-state index in [2.05, 4.69) is 46.6 Å². The van der Waals surface area contributed by atoms with Crippen molar-refractivity contribution in [2.75, 3.05) is 0 Å². The summed E-state index contributed by atoms with van der Waals surface area (Å²) in [4.78, 5) is 0. The minimum atomic E-state index is -0.803. The lowest BCUT2D eigenvalue weighted by Gasteiger charge is -2.27. The van der Waals surface area contributed by atoms with Gasteiger partial charge in [0.15, 0.2) is 5.66 Å². The van der Waals surface area contributed by atoms with Crippen LogP contribution in [0.15, 0.2) is 83.0 Å². The SMILES string of the molecule is NC1(N=Nc2cccc3ccccc23)CC=Cc2ccccc21. The lowest BCUT2D eigenvalue weighted by atomic mass is 9.88. The van der Waals surface area contributed by atoms with E-state index >= 15 is 0 Å². The third-order valence-electron chi connectivity index (χ3n) is 4.26. The van der Waals surface area contributed by atoms with Crippen molar-refractivity contribution < 1.29 is 0 Å². The van der Waals surface area contributed by atoms with Crippen molar-refractivity contribution in [2.24, 2.45) is 16.0 Å². The van der Waals surface area contributed by atoms with Crippen LogP contribution in [-0.2, 0) is 5.66 Å². The summed E-state index contributed by atoms with van der Waals surface area (Å²) in [5.74, 6) is 0. The molecule has 0 fully saturated rings. The zero-order chi connectivity index (χ0) is 15.7. The number of azo groups is 1.